The number of aromatic nitrogens is 2. The van der Waals surface area contributed by atoms with Gasteiger partial charge in [0.15, 0.2) is 0 Å². The highest BCUT2D eigenvalue weighted by Gasteiger charge is 2.23. The van der Waals surface area contributed by atoms with Crippen molar-refractivity contribution < 1.29 is 13.9 Å². The maximum atomic E-state index is 11.8. The van der Waals surface area contributed by atoms with Crippen LogP contribution < -0.4 is 5.32 Å². The van der Waals surface area contributed by atoms with Gasteiger partial charge in [0.25, 0.3) is 4.84 Å². The van der Waals surface area contributed by atoms with E-state index < -0.39 is 11.7 Å². The summed E-state index contributed by atoms with van der Waals surface area (Å²) in [6.45, 7) is 5.43. The molecule has 1 unspecified atom stereocenters. The van der Waals surface area contributed by atoms with Gasteiger partial charge < -0.3 is 14.5 Å². The zero-order valence-electron chi connectivity index (χ0n) is 11.5. The molecule has 0 radical (unpaired) electrons. The van der Waals surface area contributed by atoms with Crippen molar-refractivity contribution in [3.63, 3.8) is 0 Å². The number of ether oxygens (including phenoxy) is 1. The fourth-order valence-corrected chi connectivity index (χ4v) is 1.94. The summed E-state index contributed by atoms with van der Waals surface area (Å²) < 4.78 is 10.5. The van der Waals surface area contributed by atoms with Gasteiger partial charge >= 0.3 is 6.09 Å². The van der Waals surface area contributed by atoms with Gasteiger partial charge in [0, 0.05) is 0 Å². The van der Waals surface area contributed by atoms with E-state index in [4.69, 9.17) is 21.4 Å². The van der Waals surface area contributed by atoms with E-state index in [1.807, 2.05) is 27.0 Å². The van der Waals surface area contributed by atoms with Crippen LogP contribution >= 0.6 is 24.0 Å². The monoisotopic (exact) mass is 305 g/mol. The van der Waals surface area contributed by atoms with E-state index in [1.165, 1.54) is 0 Å². The van der Waals surface area contributed by atoms with Crippen LogP contribution in [0.5, 0.6) is 0 Å². The summed E-state index contributed by atoms with van der Waals surface area (Å²) in [6.07, 6.45) is 2.18. The van der Waals surface area contributed by atoms with Crippen LogP contribution in [-0.4, -0.2) is 33.9 Å². The number of H-pyrrole nitrogens is 1. The van der Waals surface area contributed by atoms with Crippen molar-refractivity contribution >= 4 is 30.1 Å². The lowest BCUT2D eigenvalue weighted by molar-refractivity contribution is 0.0494. The molecular formula is C11H19N3O3S2. The molecule has 0 spiro atoms. The molecular weight excluding hydrogens is 286 g/mol. The van der Waals surface area contributed by atoms with Crippen molar-refractivity contribution in [3.05, 3.63) is 10.7 Å². The number of aromatic amines is 1. The Hall–Kier alpha value is -1.02. The SMILES string of the molecule is CSCCC(NC(=O)OC(C)(C)C)c1n[nH]c(=S)o1. The highest BCUT2D eigenvalue weighted by atomic mass is 32.2. The molecule has 8 heteroatoms. The van der Waals surface area contributed by atoms with E-state index in [0.29, 0.717) is 12.3 Å². The molecule has 0 aliphatic rings. The number of amides is 1. The number of thioether (sulfide) groups is 1. The quantitative estimate of drug-likeness (QED) is 0.814. The molecule has 1 aromatic rings. The molecule has 0 saturated carbocycles. The molecule has 19 heavy (non-hydrogen) atoms. The van der Waals surface area contributed by atoms with Crippen molar-refractivity contribution in [2.24, 2.45) is 0 Å². The number of nitrogens with one attached hydrogen (secondary N) is 2. The van der Waals surface area contributed by atoms with Gasteiger partial charge in [-0.2, -0.15) is 11.8 Å². The van der Waals surface area contributed by atoms with Crippen molar-refractivity contribution in [3.8, 4) is 0 Å². The second-order valence-corrected chi connectivity index (χ2v) is 6.29. The van der Waals surface area contributed by atoms with E-state index in [1.54, 1.807) is 11.8 Å². The van der Waals surface area contributed by atoms with Crippen LogP contribution in [0.4, 0.5) is 4.79 Å². The smallest absolute Gasteiger partial charge is 0.408 e. The Balaban J connectivity index is 2.70. The topological polar surface area (TPSA) is 80.1 Å². The number of rotatable bonds is 5. The lowest BCUT2D eigenvalue weighted by atomic mass is 10.2. The van der Waals surface area contributed by atoms with Gasteiger partial charge in [-0.25, -0.2) is 9.89 Å². The third-order valence-electron chi connectivity index (χ3n) is 2.05. The molecule has 0 aromatic carbocycles. The summed E-state index contributed by atoms with van der Waals surface area (Å²) in [5.74, 6) is 1.22. The van der Waals surface area contributed by atoms with Gasteiger partial charge in [-0.15, -0.1) is 5.10 Å². The highest BCUT2D eigenvalue weighted by Crippen LogP contribution is 2.18. The van der Waals surface area contributed by atoms with Gasteiger partial charge in [-0.3, -0.25) is 0 Å². The molecule has 2 N–H and O–H groups in total. The second kappa shape index (κ2) is 6.95. The molecule has 1 heterocycles. The zero-order valence-corrected chi connectivity index (χ0v) is 13.1. The van der Waals surface area contributed by atoms with Crippen LogP contribution in [-0.2, 0) is 4.74 Å². The molecule has 1 atom stereocenters. The third-order valence-corrected chi connectivity index (χ3v) is 2.87. The Morgan fingerprint density at radius 2 is 2.32 bits per heavy atom. The van der Waals surface area contributed by atoms with Crippen LogP contribution in [0.3, 0.4) is 0 Å². The molecule has 0 bridgehead atoms. The van der Waals surface area contributed by atoms with Crippen molar-refractivity contribution in [1.29, 1.82) is 0 Å². The second-order valence-electron chi connectivity index (χ2n) is 4.93. The molecule has 6 nitrogen and oxygen atoms in total. The third kappa shape index (κ3) is 6.11. The molecule has 0 aliphatic carbocycles. The van der Waals surface area contributed by atoms with E-state index >= 15 is 0 Å². The predicted octanol–water partition coefficient (Wildman–Crippen LogP) is 3.05. The Morgan fingerprint density at radius 3 is 2.79 bits per heavy atom. The number of nitrogens with zero attached hydrogens (tertiary/aromatic N) is 1. The Labute approximate surface area is 121 Å². The van der Waals surface area contributed by atoms with E-state index in [-0.39, 0.29) is 10.9 Å². The number of carbonyl (C=O) groups excluding carboxylic acids is 1. The zero-order chi connectivity index (χ0) is 14.5. The molecule has 1 aromatic heterocycles. The molecule has 0 saturated heterocycles. The number of alkyl carbamates (subject to hydrolysis) is 1. The molecule has 0 fully saturated rings. The lowest BCUT2D eigenvalue weighted by Gasteiger charge is -2.22. The van der Waals surface area contributed by atoms with Crippen LogP contribution in [0.15, 0.2) is 4.42 Å². The predicted molar refractivity (Wildman–Crippen MR) is 76.8 cm³/mol. The maximum Gasteiger partial charge on any atom is 0.408 e. The summed E-state index contributed by atoms with van der Waals surface area (Å²) in [5, 5.41) is 9.23. The van der Waals surface area contributed by atoms with Crippen LogP contribution in [0, 0.1) is 4.84 Å². The van der Waals surface area contributed by atoms with E-state index in [9.17, 15) is 4.79 Å². The first-order valence-electron chi connectivity index (χ1n) is 5.85. The van der Waals surface area contributed by atoms with Crippen molar-refractivity contribution in [2.75, 3.05) is 12.0 Å². The van der Waals surface area contributed by atoms with E-state index in [2.05, 4.69) is 15.5 Å². The van der Waals surface area contributed by atoms with Crippen molar-refractivity contribution in [2.45, 2.75) is 38.8 Å². The lowest BCUT2D eigenvalue weighted by Crippen LogP contribution is -2.35. The van der Waals surface area contributed by atoms with Gasteiger partial charge in [0.05, 0.1) is 0 Å². The Kier molecular flexibility index (Phi) is 5.86. The van der Waals surface area contributed by atoms with Crippen LogP contribution in [0.1, 0.15) is 39.1 Å². The van der Waals surface area contributed by atoms with Gasteiger partial charge in [0.1, 0.15) is 11.6 Å². The van der Waals surface area contributed by atoms with Crippen LogP contribution in [0.25, 0.3) is 0 Å². The minimum Gasteiger partial charge on any atom is -0.444 e. The number of hydrogen-bond donors (Lipinski definition) is 2. The van der Waals surface area contributed by atoms with Crippen molar-refractivity contribution in [1.82, 2.24) is 15.5 Å². The van der Waals surface area contributed by atoms with Crippen LogP contribution in [0.2, 0.25) is 0 Å². The summed E-state index contributed by atoms with van der Waals surface area (Å²) in [4.78, 5) is 12.0. The summed E-state index contributed by atoms with van der Waals surface area (Å²) in [6, 6.07) is -0.352. The fourth-order valence-electron chi connectivity index (χ4n) is 1.33. The van der Waals surface area contributed by atoms with E-state index in [0.717, 1.165) is 5.75 Å². The maximum absolute atomic E-state index is 11.8. The largest absolute Gasteiger partial charge is 0.444 e. The van der Waals surface area contributed by atoms with Gasteiger partial charge in [-0.05, 0) is 51.4 Å². The van der Waals surface area contributed by atoms with Gasteiger partial charge in [0.2, 0.25) is 5.89 Å². The Morgan fingerprint density at radius 1 is 1.63 bits per heavy atom. The molecule has 0 aliphatic heterocycles. The highest BCUT2D eigenvalue weighted by molar-refractivity contribution is 7.98. The molecule has 1 amide bonds. The minimum absolute atomic E-state index is 0.190. The molecule has 1 rings (SSSR count). The number of carbonyl (C=O) groups is 1. The standard InChI is InChI=1S/C11H19N3O3S2/c1-11(2,3)17-9(15)12-7(5-6-19-4)8-13-14-10(18)16-8/h7H,5-6H2,1-4H3,(H,12,15)(H,14,18). The number of hydrogen-bond acceptors (Lipinski definition) is 6. The first-order valence-corrected chi connectivity index (χ1v) is 7.66. The summed E-state index contributed by atoms with van der Waals surface area (Å²) in [7, 11) is 0. The average molecular weight is 305 g/mol. The summed E-state index contributed by atoms with van der Waals surface area (Å²) in [5.41, 5.74) is -0.542. The van der Waals surface area contributed by atoms with Gasteiger partial charge in [-0.1, -0.05) is 0 Å². The first kappa shape index (κ1) is 16.0. The summed E-state index contributed by atoms with van der Waals surface area (Å²) >= 11 is 6.51. The Bertz CT molecular complexity index is 464. The fraction of sp³-hybridized carbons (Fsp3) is 0.727. The molecule has 108 valence electrons. The average Bonchev–Trinajstić information content (AvgIpc) is 2.68. The first-order chi connectivity index (χ1) is 8.81. The minimum atomic E-state index is -0.542. The normalized spacial score (nSPS) is 13.1.